The molecule has 6 nitrogen and oxygen atoms in total. The summed E-state index contributed by atoms with van der Waals surface area (Å²) in [5.74, 6) is 0.827. The topological polar surface area (TPSA) is 88.1 Å². The van der Waals surface area contributed by atoms with Gasteiger partial charge >= 0.3 is 0 Å². The molecule has 0 amide bonds. The Morgan fingerprint density at radius 1 is 1.10 bits per heavy atom. The van der Waals surface area contributed by atoms with Gasteiger partial charge in [0, 0.05) is 17.3 Å². The summed E-state index contributed by atoms with van der Waals surface area (Å²) in [6.45, 7) is 1.99. The average molecular weight is 532 g/mol. The molecular weight excluding hydrogens is 516 g/mol. The molecule has 0 aliphatic heterocycles. The van der Waals surface area contributed by atoms with E-state index in [1.54, 1.807) is 25.3 Å². The van der Waals surface area contributed by atoms with Crippen molar-refractivity contribution in [3.8, 4) is 28.7 Å². The van der Waals surface area contributed by atoms with Crippen LogP contribution in [0.4, 0.5) is 5.69 Å². The molecule has 1 heterocycles. The van der Waals surface area contributed by atoms with Gasteiger partial charge in [0.2, 0.25) is 5.89 Å². The Labute approximate surface area is 189 Å². The van der Waals surface area contributed by atoms with Crippen molar-refractivity contribution in [3.63, 3.8) is 0 Å². The van der Waals surface area contributed by atoms with E-state index in [0.717, 1.165) is 22.2 Å². The summed E-state index contributed by atoms with van der Waals surface area (Å²) >= 11 is 6.40. The van der Waals surface area contributed by atoms with Crippen LogP contribution in [-0.2, 0) is 0 Å². The van der Waals surface area contributed by atoms with E-state index in [4.69, 9.17) is 9.15 Å². The first-order chi connectivity index (χ1) is 14.4. The number of phenolic OH excluding ortho intramolecular Hbond substituents is 2. The van der Waals surface area contributed by atoms with Crippen LogP contribution in [0.25, 0.3) is 22.6 Å². The van der Waals surface area contributed by atoms with Crippen molar-refractivity contribution in [3.05, 3.63) is 62.5 Å². The molecular formula is C22H16Br2N2O4. The van der Waals surface area contributed by atoms with Gasteiger partial charge in [-0.25, -0.2) is 4.98 Å². The summed E-state index contributed by atoms with van der Waals surface area (Å²) < 4.78 is 12.0. The van der Waals surface area contributed by atoms with Crippen molar-refractivity contribution in [1.82, 2.24) is 4.98 Å². The quantitative estimate of drug-likeness (QED) is 0.293. The SMILES string of the molecule is COc1cc(-c2nc3c(C)cccc3o2)ccc1/N=C/c1cc(Br)c(O)c(Br)c1O. The highest BCUT2D eigenvalue weighted by Crippen LogP contribution is 2.41. The number of rotatable bonds is 4. The number of aromatic nitrogens is 1. The smallest absolute Gasteiger partial charge is 0.227 e. The predicted molar refractivity (Wildman–Crippen MR) is 123 cm³/mol. The highest BCUT2D eigenvalue weighted by molar-refractivity contribution is 9.11. The van der Waals surface area contributed by atoms with Gasteiger partial charge in [-0.3, -0.25) is 4.99 Å². The molecule has 2 N–H and O–H groups in total. The molecule has 4 aromatic rings. The molecule has 0 saturated carbocycles. The van der Waals surface area contributed by atoms with Gasteiger partial charge in [-0.1, -0.05) is 12.1 Å². The molecule has 152 valence electrons. The molecule has 0 spiro atoms. The summed E-state index contributed by atoms with van der Waals surface area (Å²) in [6.07, 6.45) is 1.49. The lowest BCUT2D eigenvalue weighted by Gasteiger charge is -2.08. The number of fused-ring (bicyclic) bond motifs is 1. The Morgan fingerprint density at radius 3 is 2.63 bits per heavy atom. The lowest BCUT2D eigenvalue weighted by atomic mass is 10.1. The normalized spacial score (nSPS) is 11.5. The van der Waals surface area contributed by atoms with E-state index in [2.05, 4.69) is 41.8 Å². The van der Waals surface area contributed by atoms with Crippen LogP contribution in [0.1, 0.15) is 11.1 Å². The Morgan fingerprint density at radius 2 is 1.90 bits per heavy atom. The van der Waals surface area contributed by atoms with Crippen LogP contribution >= 0.6 is 31.9 Å². The van der Waals surface area contributed by atoms with Gasteiger partial charge in [0.05, 0.1) is 11.6 Å². The van der Waals surface area contributed by atoms with Gasteiger partial charge in [0.15, 0.2) is 5.58 Å². The first kappa shape index (κ1) is 20.4. The molecule has 0 aliphatic rings. The van der Waals surface area contributed by atoms with Gasteiger partial charge in [0.1, 0.15) is 32.9 Å². The van der Waals surface area contributed by atoms with Gasteiger partial charge in [-0.15, -0.1) is 0 Å². The van der Waals surface area contributed by atoms with Gasteiger partial charge in [-0.2, -0.15) is 0 Å². The Balaban J connectivity index is 1.71. The third-order valence-electron chi connectivity index (χ3n) is 4.59. The number of methoxy groups -OCH3 is 1. The maximum atomic E-state index is 10.2. The Bertz CT molecular complexity index is 1300. The summed E-state index contributed by atoms with van der Waals surface area (Å²) in [5.41, 5.74) is 4.35. The second kappa shape index (κ2) is 8.12. The number of aliphatic imine (C=N–C) groups is 1. The van der Waals surface area contributed by atoms with Crippen molar-refractivity contribution >= 4 is 54.9 Å². The molecule has 4 rings (SSSR count). The maximum absolute atomic E-state index is 10.2. The number of aryl methyl sites for hydroxylation is 1. The molecule has 0 fully saturated rings. The second-order valence-electron chi connectivity index (χ2n) is 6.54. The van der Waals surface area contributed by atoms with E-state index in [1.165, 1.54) is 6.21 Å². The largest absolute Gasteiger partial charge is 0.506 e. The van der Waals surface area contributed by atoms with E-state index in [9.17, 15) is 10.2 Å². The predicted octanol–water partition coefficient (Wildman–Crippen LogP) is 6.50. The second-order valence-corrected chi connectivity index (χ2v) is 8.19. The number of oxazole rings is 1. The van der Waals surface area contributed by atoms with Gasteiger partial charge < -0.3 is 19.4 Å². The molecule has 0 saturated heterocycles. The van der Waals surface area contributed by atoms with Crippen LogP contribution < -0.4 is 4.74 Å². The van der Waals surface area contributed by atoms with E-state index in [-0.39, 0.29) is 16.0 Å². The van der Waals surface area contributed by atoms with Crippen molar-refractivity contribution in [2.24, 2.45) is 4.99 Å². The Hall–Kier alpha value is -2.84. The molecule has 0 aliphatic carbocycles. The van der Waals surface area contributed by atoms with E-state index < -0.39 is 0 Å². The highest BCUT2D eigenvalue weighted by atomic mass is 79.9. The zero-order valence-corrected chi connectivity index (χ0v) is 19.2. The van der Waals surface area contributed by atoms with Crippen LogP contribution in [0.3, 0.4) is 0 Å². The zero-order chi connectivity index (χ0) is 21.4. The number of ether oxygens (including phenoxy) is 1. The lowest BCUT2D eigenvalue weighted by molar-refractivity contribution is 0.416. The number of hydrogen-bond donors (Lipinski definition) is 2. The maximum Gasteiger partial charge on any atom is 0.227 e. The minimum atomic E-state index is -0.114. The molecule has 1 aromatic heterocycles. The highest BCUT2D eigenvalue weighted by Gasteiger charge is 2.14. The van der Waals surface area contributed by atoms with Gasteiger partial charge in [-0.05, 0) is 74.7 Å². The summed E-state index contributed by atoms with van der Waals surface area (Å²) in [4.78, 5) is 9.02. The fourth-order valence-corrected chi connectivity index (χ4v) is 4.13. The number of benzene rings is 3. The zero-order valence-electron chi connectivity index (χ0n) is 16.0. The van der Waals surface area contributed by atoms with Crippen LogP contribution in [0.5, 0.6) is 17.2 Å². The number of hydrogen-bond acceptors (Lipinski definition) is 6. The van der Waals surface area contributed by atoms with Crippen molar-refractivity contribution < 1.29 is 19.4 Å². The third-order valence-corrected chi connectivity index (χ3v) is 5.94. The number of halogens is 2. The van der Waals surface area contributed by atoms with Crippen molar-refractivity contribution in [2.75, 3.05) is 7.11 Å². The molecule has 3 aromatic carbocycles. The molecule has 0 unspecified atom stereocenters. The van der Waals surface area contributed by atoms with E-state index in [1.807, 2.05) is 31.2 Å². The van der Waals surface area contributed by atoms with E-state index in [0.29, 0.717) is 27.4 Å². The number of phenols is 2. The third kappa shape index (κ3) is 3.68. The molecule has 0 atom stereocenters. The monoisotopic (exact) mass is 530 g/mol. The summed E-state index contributed by atoms with van der Waals surface area (Å²) in [6, 6.07) is 12.8. The van der Waals surface area contributed by atoms with Crippen molar-refractivity contribution in [1.29, 1.82) is 0 Å². The molecule has 0 bridgehead atoms. The van der Waals surface area contributed by atoms with Gasteiger partial charge in [0.25, 0.3) is 0 Å². The summed E-state index contributed by atoms with van der Waals surface area (Å²) in [5, 5.41) is 20.1. The molecule has 0 radical (unpaired) electrons. The fraction of sp³-hybridized carbons (Fsp3) is 0.0909. The van der Waals surface area contributed by atoms with Crippen LogP contribution in [0.2, 0.25) is 0 Å². The van der Waals surface area contributed by atoms with Crippen LogP contribution in [0, 0.1) is 6.92 Å². The minimum Gasteiger partial charge on any atom is -0.506 e. The first-order valence-corrected chi connectivity index (χ1v) is 10.5. The van der Waals surface area contributed by atoms with Crippen molar-refractivity contribution in [2.45, 2.75) is 6.92 Å². The number of para-hydroxylation sites is 1. The summed E-state index contributed by atoms with van der Waals surface area (Å²) in [7, 11) is 1.56. The Kier molecular flexibility index (Phi) is 5.53. The first-order valence-electron chi connectivity index (χ1n) is 8.87. The minimum absolute atomic E-state index is 0.0832. The van der Waals surface area contributed by atoms with E-state index >= 15 is 0 Å². The standard InChI is InChI=1S/C22H16Br2N2O4/c1-11-4-3-5-16-19(11)26-22(30-16)12-6-7-15(17(9-12)29-2)25-10-13-8-14(23)21(28)18(24)20(13)27/h3-10,27-28H,1-2H3/b25-10+. The number of aromatic hydroxyl groups is 2. The fourth-order valence-electron chi connectivity index (χ4n) is 2.98. The molecule has 30 heavy (non-hydrogen) atoms. The molecule has 8 heteroatoms. The average Bonchev–Trinajstić information content (AvgIpc) is 3.19. The number of nitrogens with zero attached hydrogens (tertiary/aromatic N) is 2. The van der Waals surface area contributed by atoms with Crippen LogP contribution in [0.15, 0.2) is 60.8 Å². The lowest BCUT2D eigenvalue weighted by Crippen LogP contribution is -1.88. The van der Waals surface area contributed by atoms with Crippen LogP contribution in [-0.4, -0.2) is 28.5 Å².